The normalized spacial score (nSPS) is 33.1. The molecule has 1 heterocycles. The van der Waals surface area contributed by atoms with Crippen LogP contribution in [0.3, 0.4) is 0 Å². The largest absolute Gasteiger partial charge is 0.329 e. The Balaban J connectivity index is 2.48. The number of hydrogen-bond acceptors (Lipinski definition) is 4. The van der Waals surface area contributed by atoms with Crippen LogP contribution >= 0.6 is 0 Å². The molecule has 0 aliphatic carbocycles. The van der Waals surface area contributed by atoms with Crippen molar-refractivity contribution < 1.29 is 0 Å². The summed E-state index contributed by atoms with van der Waals surface area (Å²) in [5.74, 6) is 0.185. The van der Waals surface area contributed by atoms with Crippen molar-refractivity contribution in [2.75, 3.05) is 6.54 Å². The van der Waals surface area contributed by atoms with Gasteiger partial charge in [0.2, 0.25) is 0 Å². The number of aliphatic imine (C=N–C) groups is 2. The molecule has 1 aliphatic rings. The molecule has 0 unspecified atom stereocenters. The van der Waals surface area contributed by atoms with Crippen molar-refractivity contribution in [2.24, 2.45) is 27.4 Å². The molecule has 50 valence electrons. The maximum absolute atomic E-state index is 5.33. The minimum Gasteiger partial charge on any atom is -0.329 e. The van der Waals surface area contributed by atoms with Crippen LogP contribution in [0, 0.1) is 5.92 Å². The molecule has 0 saturated heterocycles. The van der Waals surface area contributed by atoms with Gasteiger partial charge in [0.1, 0.15) is 0 Å². The fourth-order valence-electron chi connectivity index (χ4n) is 0.596. The molecule has 0 radical (unpaired) electrons. The molecule has 0 atom stereocenters. The van der Waals surface area contributed by atoms with Crippen LogP contribution in [-0.4, -0.2) is 25.3 Å². The van der Waals surface area contributed by atoms with E-state index in [-0.39, 0.29) is 5.92 Å². The molecule has 0 amide bonds. The number of hydrogen-bond donors (Lipinski definition) is 2. The summed E-state index contributed by atoms with van der Waals surface area (Å²) in [7, 11) is 0. The molecule has 4 nitrogen and oxygen atoms in total. The number of nitrogens with zero attached hydrogens (tertiary/aromatic N) is 2. The van der Waals surface area contributed by atoms with Gasteiger partial charge in [0.25, 0.3) is 0 Å². The molecule has 4 heteroatoms. The molecule has 1 aliphatic heterocycles. The van der Waals surface area contributed by atoms with E-state index >= 15 is 0 Å². The first-order valence-corrected chi connectivity index (χ1v) is 2.85. The van der Waals surface area contributed by atoms with Crippen LogP contribution in [0.5, 0.6) is 0 Å². The highest BCUT2D eigenvalue weighted by Crippen LogP contribution is 1.94. The summed E-state index contributed by atoms with van der Waals surface area (Å²) >= 11 is 0. The van der Waals surface area contributed by atoms with Crippen molar-refractivity contribution in [3.63, 3.8) is 0 Å². The van der Waals surface area contributed by atoms with Gasteiger partial charge in [-0.3, -0.25) is 15.7 Å². The van der Waals surface area contributed by atoms with Gasteiger partial charge in [-0.25, -0.2) is 0 Å². The van der Waals surface area contributed by atoms with Crippen molar-refractivity contribution in [2.45, 2.75) is 6.29 Å². The summed E-state index contributed by atoms with van der Waals surface area (Å²) in [6.07, 6.45) is 3.07. The molecular formula is C5H10N4. The summed E-state index contributed by atoms with van der Waals surface area (Å²) in [6, 6.07) is 0. The van der Waals surface area contributed by atoms with Gasteiger partial charge in [0.15, 0.2) is 6.29 Å². The topological polar surface area (TPSA) is 76.8 Å². The van der Waals surface area contributed by atoms with E-state index in [0.29, 0.717) is 6.54 Å². The molecule has 0 fully saturated rings. The maximum Gasteiger partial charge on any atom is 0.190 e. The Morgan fingerprint density at radius 2 is 1.89 bits per heavy atom. The van der Waals surface area contributed by atoms with Gasteiger partial charge in [-0.1, -0.05) is 0 Å². The van der Waals surface area contributed by atoms with Crippen LogP contribution in [0.15, 0.2) is 9.98 Å². The molecule has 1 rings (SSSR count). The van der Waals surface area contributed by atoms with Gasteiger partial charge < -0.3 is 5.73 Å². The van der Waals surface area contributed by atoms with Crippen molar-refractivity contribution >= 4 is 12.4 Å². The van der Waals surface area contributed by atoms with Crippen molar-refractivity contribution in [3.8, 4) is 0 Å². The predicted molar refractivity (Wildman–Crippen MR) is 37.5 cm³/mol. The maximum atomic E-state index is 5.33. The highest BCUT2D eigenvalue weighted by Gasteiger charge is 2.04. The van der Waals surface area contributed by atoms with Gasteiger partial charge in [-0.05, 0) is 0 Å². The quantitative estimate of drug-likeness (QED) is 0.470. The summed E-state index contributed by atoms with van der Waals surface area (Å²) in [5.41, 5.74) is 10.6. The zero-order valence-electron chi connectivity index (χ0n) is 5.07. The molecule has 0 aromatic rings. The average Bonchev–Trinajstić information content (AvgIpc) is 1.90. The highest BCUT2D eigenvalue weighted by molar-refractivity contribution is 5.85. The van der Waals surface area contributed by atoms with E-state index in [4.69, 9.17) is 11.5 Å². The van der Waals surface area contributed by atoms with Gasteiger partial charge in [-0.15, -0.1) is 0 Å². The van der Waals surface area contributed by atoms with Crippen LogP contribution in [0.4, 0.5) is 0 Å². The lowest BCUT2D eigenvalue weighted by atomic mass is 10.2. The van der Waals surface area contributed by atoms with Crippen LogP contribution in [0.2, 0.25) is 0 Å². The first-order chi connectivity index (χ1) is 4.33. The van der Waals surface area contributed by atoms with E-state index in [1.54, 1.807) is 12.4 Å². The average molecular weight is 126 g/mol. The monoisotopic (exact) mass is 126 g/mol. The highest BCUT2D eigenvalue weighted by atomic mass is 15.1. The van der Waals surface area contributed by atoms with E-state index in [1.807, 2.05) is 0 Å². The SMILES string of the molecule is NCC1C=NC(N)N=C1. The molecular weight excluding hydrogens is 116 g/mol. The standard InChI is InChI=1S/C5H10N4/c6-1-4-2-8-5(7)9-3-4/h2-5H,1,6-7H2. The summed E-state index contributed by atoms with van der Waals surface area (Å²) in [6.45, 7) is 0.555. The summed E-state index contributed by atoms with van der Waals surface area (Å²) in [5, 5.41) is 0. The van der Waals surface area contributed by atoms with Crippen LogP contribution in [-0.2, 0) is 0 Å². The zero-order chi connectivity index (χ0) is 6.69. The molecule has 0 spiro atoms. The third-order valence-electron chi connectivity index (χ3n) is 1.13. The first-order valence-electron chi connectivity index (χ1n) is 2.85. The first kappa shape index (κ1) is 6.38. The molecule has 0 aromatic heterocycles. The lowest BCUT2D eigenvalue weighted by Crippen LogP contribution is -2.26. The van der Waals surface area contributed by atoms with Crippen molar-refractivity contribution in [1.29, 1.82) is 0 Å². The van der Waals surface area contributed by atoms with Gasteiger partial charge in [-0.2, -0.15) is 0 Å². The van der Waals surface area contributed by atoms with E-state index in [2.05, 4.69) is 9.98 Å². The smallest absolute Gasteiger partial charge is 0.190 e. The van der Waals surface area contributed by atoms with Crippen LogP contribution in [0.25, 0.3) is 0 Å². The molecule has 4 N–H and O–H groups in total. The van der Waals surface area contributed by atoms with Crippen molar-refractivity contribution in [1.82, 2.24) is 0 Å². The van der Waals surface area contributed by atoms with E-state index in [9.17, 15) is 0 Å². The Labute approximate surface area is 53.7 Å². The minimum atomic E-state index is -0.396. The Kier molecular flexibility index (Phi) is 1.92. The van der Waals surface area contributed by atoms with Crippen LogP contribution in [0.1, 0.15) is 0 Å². The lowest BCUT2D eigenvalue weighted by molar-refractivity contribution is 0.728. The number of rotatable bonds is 1. The second kappa shape index (κ2) is 2.70. The van der Waals surface area contributed by atoms with Gasteiger partial charge >= 0.3 is 0 Å². The van der Waals surface area contributed by atoms with E-state index < -0.39 is 6.29 Å². The number of nitrogens with two attached hydrogens (primary N) is 2. The summed E-state index contributed by atoms with van der Waals surface area (Å²) < 4.78 is 0. The third kappa shape index (κ3) is 1.58. The third-order valence-corrected chi connectivity index (χ3v) is 1.13. The fourth-order valence-corrected chi connectivity index (χ4v) is 0.596. The Hall–Kier alpha value is -0.740. The summed E-state index contributed by atoms with van der Waals surface area (Å²) in [4.78, 5) is 7.71. The lowest BCUT2D eigenvalue weighted by Gasteiger charge is -2.09. The van der Waals surface area contributed by atoms with E-state index in [0.717, 1.165) is 0 Å². The zero-order valence-corrected chi connectivity index (χ0v) is 5.07. The second-order valence-electron chi connectivity index (χ2n) is 1.91. The minimum absolute atomic E-state index is 0.185. The predicted octanol–water partition coefficient (Wildman–Crippen LogP) is -1.04. The van der Waals surface area contributed by atoms with Crippen molar-refractivity contribution in [3.05, 3.63) is 0 Å². The second-order valence-corrected chi connectivity index (χ2v) is 1.91. The Morgan fingerprint density at radius 3 is 2.33 bits per heavy atom. The fraction of sp³-hybridized carbons (Fsp3) is 0.600. The van der Waals surface area contributed by atoms with Gasteiger partial charge in [0.05, 0.1) is 0 Å². The Morgan fingerprint density at radius 1 is 1.33 bits per heavy atom. The Bertz CT molecular complexity index is 126. The van der Waals surface area contributed by atoms with E-state index in [1.165, 1.54) is 0 Å². The molecule has 0 saturated carbocycles. The molecule has 0 bridgehead atoms. The van der Waals surface area contributed by atoms with Crippen LogP contribution < -0.4 is 11.5 Å². The molecule has 9 heavy (non-hydrogen) atoms. The molecule has 0 aromatic carbocycles. The van der Waals surface area contributed by atoms with Gasteiger partial charge in [0, 0.05) is 24.9 Å².